The Bertz CT molecular complexity index is 441. The van der Waals surface area contributed by atoms with E-state index in [4.69, 9.17) is 23.1 Å². The lowest BCUT2D eigenvalue weighted by molar-refractivity contribution is 0.100. The first-order valence-electron chi connectivity index (χ1n) is 5.56. The SMILES string of the molecule is C[Si](C)(C)c1c(N)ccc(CCCl)c1C(N)=O. The lowest BCUT2D eigenvalue weighted by Crippen LogP contribution is -2.45. The number of aryl methyl sites for hydroxylation is 1. The van der Waals surface area contributed by atoms with Gasteiger partial charge in [0.25, 0.3) is 0 Å². The molecule has 0 saturated carbocycles. The van der Waals surface area contributed by atoms with Crippen molar-refractivity contribution in [2.45, 2.75) is 26.1 Å². The number of hydrogen-bond donors (Lipinski definition) is 2. The van der Waals surface area contributed by atoms with Crippen LogP contribution in [0.15, 0.2) is 12.1 Å². The van der Waals surface area contributed by atoms with Crippen LogP contribution in [0, 0.1) is 0 Å². The van der Waals surface area contributed by atoms with Gasteiger partial charge < -0.3 is 11.5 Å². The summed E-state index contributed by atoms with van der Waals surface area (Å²) in [7, 11) is -1.71. The minimum absolute atomic E-state index is 0.408. The van der Waals surface area contributed by atoms with E-state index in [0.717, 1.165) is 10.8 Å². The maximum atomic E-state index is 11.7. The quantitative estimate of drug-likeness (QED) is 0.497. The Morgan fingerprint density at radius 1 is 1.35 bits per heavy atom. The van der Waals surface area contributed by atoms with E-state index in [1.165, 1.54) is 0 Å². The smallest absolute Gasteiger partial charge is 0.248 e. The zero-order valence-corrected chi connectivity index (χ0v) is 12.3. The van der Waals surface area contributed by atoms with Crippen molar-refractivity contribution in [3.63, 3.8) is 0 Å². The predicted octanol–water partition coefficient (Wildman–Crippen LogP) is 1.69. The summed E-state index contributed by atoms with van der Waals surface area (Å²) in [4.78, 5) is 11.7. The first-order valence-corrected chi connectivity index (χ1v) is 9.60. The van der Waals surface area contributed by atoms with E-state index in [2.05, 4.69) is 19.6 Å². The van der Waals surface area contributed by atoms with Gasteiger partial charge in [-0.2, -0.15) is 0 Å². The summed E-state index contributed by atoms with van der Waals surface area (Å²) >= 11 is 5.75. The highest BCUT2D eigenvalue weighted by atomic mass is 35.5. The Hall–Kier alpha value is -1.00. The average Bonchev–Trinajstić information content (AvgIpc) is 2.18. The predicted molar refractivity (Wildman–Crippen MR) is 76.8 cm³/mol. The van der Waals surface area contributed by atoms with Crippen LogP contribution in [-0.2, 0) is 6.42 Å². The standard InChI is InChI=1S/C12H19ClN2OSi/c1-17(2,3)11-9(14)5-4-8(6-7-13)10(11)12(15)16/h4-5H,6-7,14H2,1-3H3,(H2,15,16). The number of carbonyl (C=O) groups excluding carboxylic acids is 1. The number of primary amides is 1. The Morgan fingerprint density at radius 2 is 1.94 bits per heavy atom. The van der Waals surface area contributed by atoms with Crippen LogP contribution in [0.2, 0.25) is 19.6 Å². The molecule has 0 aliphatic rings. The maximum absolute atomic E-state index is 11.7. The molecule has 1 aromatic carbocycles. The van der Waals surface area contributed by atoms with Gasteiger partial charge in [0.05, 0.1) is 8.07 Å². The van der Waals surface area contributed by atoms with Crippen LogP contribution in [0.5, 0.6) is 0 Å². The summed E-state index contributed by atoms with van der Waals surface area (Å²) < 4.78 is 0. The van der Waals surface area contributed by atoms with Gasteiger partial charge >= 0.3 is 0 Å². The molecule has 94 valence electrons. The molecule has 1 rings (SSSR count). The third kappa shape index (κ3) is 3.01. The number of rotatable bonds is 4. The molecule has 17 heavy (non-hydrogen) atoms. The van der Waals surface area contributed by atoms with Crippen molar-refractivity contribution in [2.24, 2.45) is 5.73 Å². The summed E-state index contributed by atoms with van der Waals surface area (Å²) in [6, 6.07) is 3.70. The van der Waals surface area contributed by atoms with E-state index in [-0.39, 0.29) is 0 Å². The third-order valence-corrected chi connectivity index (χ3v) is 4.91. The van der Waals surface area contributed by atoms with Crippen molar-refractivity contribution in [2.75, 3.05) is 11.6 Å². The number of carbonyl (C=O) groups is 1. The first kappa shape index (κ1) is 14.1. The number of halogens is 1. The number of benzene rings is 1. The fraction of sp³-hybridized carbons (Fsp3) is 0.417. The fourth-order valence-electron chi connectivity index (χ4n) is 2.06. The number of anilines is 1. The molecular weight excluding hydrogens is 252 g/mol. The van der Waals surface area contributed by atoms with Crippen LogP contribution >= 0.6 is 11.6 Å². The molecule has 5 heteroatoms. The van der Waals surface area contributed by atoms with E-state index < -0.39 is 14.0 Å². The molecule has 0 saturated heterocycles. The molecule has 0 fully saturated rings. The molecule has 4 N–H and O–H groups in total. The number of hydrogen-bond acceptors (Lipinski definition) is 2. The van der Waals surface area contributed by atoms with Gasteiger partial charge in [0.15, 0.2) is 0 Å². The summed E-state index contributed by atoms with van der Waals surface area (Å²) in [5.74, 6) is 0.0600. The molecule has 0 aliphatic carbocycles. The van der Waals surface area contributed by atoms with Gasteiger partial charge in [-0.25, -0.2) is 0 Å². The fourth-order valence-corrected chi connectivity index (χ4v) is 4.25. The summed E-state index contributed by atoms with van der Waals surface area (Å²) in [5.41, 5.74) is 13.7. The van der Waals surface area contributed by atoms with Gasteiger partial charge in [-0.3, -0.25) is 4.79 Å². The number of nitrogen functional groups attached to an aromatic ring is 1. The molecule has 1 amide bonds. The van der Waals surface area contributed by atoms with E-state index in [1.807, 2.05) is 12.1 Å². The van der Waals surface area contributed by atoms with Gasteiger partial charge in [-0.05, 0) is 23.2 Å². The second-order valence-electron chi connectivity index (χ2n) is 5.12. The van der Waals surface area contributed by atoms with Crippen molar-refractivity contribution in [3.8, 4) is 0 Å². The molecule has 0 aromatic heterocycles. The monoisotopic (exact) mass is 270 g/mol. The summed E-state index contributed by atoms with van der Waals surface area (Å²) in [5, 5.41) is 0.951. The average molecular weight is 271 g/mol. The van der Waals surface area contributed by atoms with Gasteiger partial charge in [0, 0.05) is 17.1 Å². The number of nitrogens with two attached hydrogens (primary N) is 2. The highest BCUT2D eigenvalue weighted by molar-refractivity contribution is 6.90. The van der Waals surface area contributed by atoms with E-state index >= 15 is 0 Å². The molecule has 0 atom stereocenters. The Kier molecular flexibility index (Phi) is 4.22. The van der Waals surface area contributed by atoms with Crippen molar-refractivity contribution < 1.29 is 4.79 Å². The molecule has 3 nitrogen and oxygen atoms in total. The minimum Gasteiger partial charge on any atom is -0.399 e. The van der Waals surface area contributed by atoms with E-state index in [0.29, 0.717) is 23.6 Å². The van der Waals surface area contributed by atoms with Crippen LogP contribution in [-0.4, -0.2) is 19.9 Å². The Balaban J connectivity index is 3.55. The second kappa shape index (κ2) is 5.10. The molecule has 0 radical (unpaired) electrons. The van der Waals surface area contributed by atoms with Gasteiger partial charge in [0.1, 0.15) is 0 Å². The maximum Gasteiger partial charge on any atom is 0.248 e. The molecule has 0 unspecified atom stereocenters. The van der Waals surface area contributed by atoms with E-state index in [1.54, 1.807) is 0 Å². The van der Waals surface area contributed by atoms with Crippen LogP contribution in [0.3, 0.4) is 0 Å². The molecule has 1 aromatic rings. The topological polar surface area (TPSA) is 69.1 Å². The summed E-state index contributed by atoms with van der Waals surface area (Å²) in [6.45, 7) is 6.45. The summed E-state index contributed by atoms with van der Waals surface area (Å²) in [6.07, 6.45) is 0.636. The highest BCUT2D eigenvalue weighted by Crippen LogP contribution is 2.18. The minimum atomic E-state index is -1.71. The largest absolute Gasteiger partial charge is 0.399 e. The number of amides is 1. The molecule has 0 bridgehead atoms. The highest BCUT2D eigenvalue weighted by Gasteiger charge is 2.27. The van der Waals surface area contributed by atoms with Crippen LogP contribution in [0.25, 0.3) is 0 Å². The lowest BCUT2D eigenvalue weighted by Gasteiger charge is -2.24. The van der Waals surface area contributed by atoms with Crippen LogP contribution < -0.4 is 16.7 Å². The van der Waals surface area contributed by atoms with Crippen molar-refractivity contribution >= 4 is 36.5 Å². The Labute approximate surface area is 108 Å². The van der Waals surface area contributed by atoms with Gasteiger partial charge in [-0.15, -0.1) is 11.6 Å². The number of alkyl halides is 1. The molecular formula is C12H19ClN2OSi. The first-order chi connectivity index (χ1) is 7.79. The molecule has 0 spiro atoms. The van der Waals surface area contributed by atoms with Crippen molar-refractivity contribution in [1.29, 1.82) is 0 Å². The van der Waals surface area contributed by atoms with Crippen molar-refractivity contribution in [3.05, 3.63) is 23.3 Å². The molecule has 0 aliphatic heterocycles. The zero-order chi connectivity index (χ0) is 13.2. The normalized spacial score (nSPS) is 11.5. The lowest BCUT2D eigenvalue weighted by atomic mass is 10.0. The van der Waals surface area contributed by atoms with Crippen molar-refractivity contribution in [1.82, 2.24) is 0 Å². The second-order valence-corrected chi connectivity index (χ2v) is 10.5. The van der Waals surface area contributed by atoms with Crippen LogP contribution in [0.4, 0.5) is 5.69 Å². The van der Waals surface area contributed by atoms with Crippen LogP contribution in [0.1, 0.15) is 15.9 Å². The zero-order valence-electron chi connectivity index (χ0n) is 10.5. The van der Waals surface area contributed by atoms with Gasteiger partial charge in [0.2, 0.25) is 5.91 Å². The Morgan fingerprint density at radius 3 is 2.35 bits per heavy atom. The third-order valence-electron chi connectivity index (χ3n) is 2.68. The van der Waals surface area contributed by atoms with E-state index in [9.17, 15) is 4.79 Å². The molecule has 0 heterocycles. The van der Waals surface area contributed by atoms with Gasteiger partial charge in [-0.1, -0.05) is 25.7 Å².